The molecule has 0 aliphatic carbocycles. The minimum atomic E-state index is -3.26. The van der Waals surface area contributed by atoms with Gasteiger partial charge in [0.1, 0.15) is 5.75 Å². The minimum Gasteiger partial charge on any atom is -0.497 e. The molecule has 0 bridgehead atoms. The number of ether oxygens (including phenoxy) is 1. The van der Waals surface area contributed by atoms with Crippen molar-refractivity contribution in [3.05, 3.63) is 29.8 Å². The predicted octanol–water partition coefficient (Wildman–Crippen LogP) is 2.08. The molecular weight excluding hydrogens is 238 g/mol. The molecule has 0 spiro atoms. The lowest BCUT2D eigenvalue weighted by molar-refractivity contribution is 0.413. The van der Waals surface area contributed by atoms with Crippen molar-refractivity contribution in [2.75, 3.05) is 7.11 Å². The van der Waals surface area contributed by atoms with E-state index in [4.69, 9.17) is 4.74 Å². The fourth-order valence-corrected chi connectivity index (χ4v) is 2.26. The summed E-state index contributed by atoms with van der Waals surface area (Å²) in [7, 11) is -1.67. The molecule has 0 saturated carbocycles. The highest BCUT2D eigenvalue weighted by Crippen LogP contribution is 2.19. The van der Waals surface area contributed by atoms with Crippen molar-refractivity contribution in [2.45, 2.75) is 32.1 Å². The lowest BCUT2D eigenvalue weighted by atomic mass is 10.1. The van der Waals surface area contributed by atoms with E-state index in [0.29, 0.717) is 0 Å². The Morgan fingerprint density at radius 1 is 1.24 bits per heavy atom. The van der Waals surface area contributed by atoms with Crippen molar-refractivity contribution in [3.63, 3.8) is 0 Å². The Morgan fingerprint density at radius 2 is 1.88 bits per heavy atom. The number of methoxy groups -OCH3 is 1. The van der Waals surface area contributed by atoms with Crippen LogP contribution in [0.1, 0.15) is 32.4 Å². The van der Waals surface area contributed by atoms with Crippen LogP contribution in [0.4, 0.5) is 0 Å². The van der Waals surface area contributed by atoms with Gasteiger partial charge in [0.05, 0.1) is 12.4 Å². The molecule has 0 amide bonds. The standard InChI is InChI=1S/C12H19NO3S/c1-9(2)17(14,15)13-10(3)11-6-5-7-12(8-11)16-4/h5-10,13H,1-4H3/t10-/m1/s1. The van der Waals surface area contributed by atoms with Crippen LogP contribution in [-0.2, 0) is 10.0 Å². The Morgan fingerprint density at radius 3 is 2.41 bits per heavy atom. The minimum absolute atomic E-state index is 0.266. The van der Waals surface area contributed by atoms with Crippen molar-refractivity contribution >= 4 is 10.0 Å². The van der Waals surface area contributed by atoms with Crippen LogP contribution in [0, 0.1) is 0 Å². The Bertz CT molecular complexity index is 468. The largest absolute Gasteiger partial charge is 0.497 e. The molecule has 0 fully saturated rings. The molecule has 0 heterocycles. The molecule has 1 rings (SSSR count). The van der Waals surface area contributed by atoms with Crippen LogP contribution in [0.5, 0.6) is 5.75 Å². The topological polar surface area (TPSA) is 55.4 Å². The molecule has 0 unspecified atom stereocenters. The van der Waals surface area contributed by atoms with Crippen molar-refractivity contribution in [2.24, 2.45) is 0 Å². The van der Waals surface area contributed by atoms with Gasteiger partial charge in [-0.3, -0.25) is 0 Å². The summed E-state index contributed by atoms with van der Waals surface area (Å²) < 4.78 is 31.2. The Hall–Kier alpha value is -1.07. The molecule has 0 radical (unpaired) electrons. The summed E-state index contributed by atoms with van der Waals surface area (Å²) in [6.07, 6.45) is 0. The molecule has 17 heavy (non-hydrogen) atoms. The van der Waals surface area contributed by atoms with E-state index in [1.54, 1.807) is 21.0 Å². The van der Waals surface area contributed by atoms with E-state index >= 15 is 0 Å². The van der Waals surface area contributed by atoms with E-state index in [-0.39, 0.29) is 6.04 Å². The van der Waals surface area contributed by atoms with Gasteiger partial charge in [0.2, 0.25) is 10.0 Å². The first kappa shape index (κ1) is 14.0. The number of nitrogens with one attached hydrogen (secondary N) is 1. The lowest BCUT2D eigenvalue weighted by Gasteiger charge is -2.17. The number of hydrogen-bond donors (Lipinski definition) is 1. The Balaban J connectivity index is 2.86. The maximum atomic E-state index is 11.7. The van der Waals surface area contributed by atoms with Crippen LogP contribution < -0.4 is 9.46 Å². The van der Waals surface area contributed by atoms with Crippen LogP contribution in [0.15, 0.2) is 24.3 Å². The normalized spacial score (nSPS) is 13.7. The van der Waals surface area contributed by atoms with Gasteiger partial charge in [-0.25, -0.2) is 13.1 Å². The molecule has 0 saturated heterocycles. The summed E-state index contributed by atoms with van der Waals surface area (Å²) in [5, 5.41) is -0.435. The van der Waals surface area contributed by atoms with E-state index in [9.17, 15) is 8.42 Å². The summed E-state index contributed by atoms with van der Waals surface area (Å²) >= 11 is 0. The maximum Gasteiger partial charge on any atom is 0.214 e. The van der Waals surface area contributed by atoms with Gasteiger partial charge in [0.25, 0.3) is 0 Å². The molecule has 96 valence electrons. The average Bonchev–Trinajstić information content (AvgIpc) is 2.28. The van der Waals surface area contributed by atoms with E-state index < -0.39 is 15.3 Å². The predicted molar refractivity (Wildman–Crippen MR) is 68.6 cm³/mol. The van der Waals surface area contributed by atoms with E-state index in [2.05, 4.69) is 4.72 Å². The van der Waals surface area contributed by atoms with Crippen LogP contribution in [-0.4, -0.2) is 20.8 Å². The van der Waals surface area contributed by atoms with Gasteiger partial charge >= 0.3 is 0 Å². The van der Waals surface area contributed by atoms with Gasteiger partial charge < -0.3 is 4.74 Å². The Labute approximate surface area is 103 Å². The highest BCUT2D eigenvalue weighted by molar-refractivity contribution is 7.90. The zero-order valence-electron chi connectivity index (χ0n) is 10.6. The first-order chi connectivity index (χ1) is 7.86. The van der Waals surface area contributed by atoms with Gasteiger partial charge in [-0.15, -0.1) is 0 Å². The van der Waals surface area contributed by atoms with Gasteiger partial charge in [-0.2, -0.15) is 0 Å². The van der Waals surface area contributed by atoms with Crippen LogP contribution in [0.25, 0.3) is 0 Å². The van der Waals surface area contributed by atoms with Crippen molar-refractivity contribution < 1.29 is 13.2 Å². The summed E-state index contributed by atoms with van der Waals surface area (Å²) in [5.74, 6) is 0.720. The number of hydrogen-bond acceptors (Lipinski definition) is 3. The first-order valence-corrected chi connectivity index (χ1v) is 7.06. The van der Waals surface area contributed by atoms with E-state index in [1.165, 1.54) is 0 Å². The molecule has 5 heteroatoms. The molecule has 1 aromatic carbocycles. The van der Waals surface area contributed by atoms with Crippen molar-refractivity contribution in [3.8, 4) is 5.75 Å². The number of sulfonamides is 1. The smallest absolute Gasteiger partial charge is 0.214 e. The second-order valence-electron chi connectivity index (χ2n) is 4.21. The molecule has 0 aliphatic rings. The van der Waals surface area contributed by atoms with E-state index in [0.717, 1.165) is 11.3 Å². The van der Waals surface area contributed by atoms with Crippen LogP contribution in [0.3, 0.4) is 0 Å². The summed E-state index contributed by atoms with van der Waals surface area (Å²) in [6, 6.07) is 7.10. The van der Waals surface area contributed by atoms with Crippen molar-refractivity contribution in [1.82, 2.24) is 4.72 Å². The first-order valence-electron chi connectivity index (χ1n) is 5.52. The third-order valence-corrected chi connectivity index (χ3v) is 4.48. The van der Waals surface area contributed by atoms with Gasteiger partial charge in [-0.1, -0.05) is 12.1 Å². The second-order valence-corrected chi connectivity index (χ2v) is 6.48. The lowest BCUT2D eigenvalue weighted by Crippen LogP contribution is -2.32. The highest BCUT2D eigenvalue weighted by Gasteiger charge is 2.19. The quantitative estimate of drug-likeness (QED) is 0.878. The third kappa shape index (κ3) is 3.71. The SMILES string of the molecule is COc1cccc([C@@H](C)NS(=O)(=O)C(C)C)c1. The summed E-state index contributed by atoms with van der Waals surface area (Å²) in [4.78, 5) is 0. The van der Waals surface area contributed by atoms with Crippen molar-refractivity contribution in [1.29, 1.82) is 0 Å². The van der Waals surface area contributed by atoms with Crippen LogP contribution in [0.2, 0.25) is 0 Å². The van der Waals surface area contributed by atoms with Gasteiger partial charge in [0.15, 0.2) is 0 Å². The molecule has 0 aliphatic heterocycles. The molecule has 1 atom stereocenters. The summed E-state index contributed by atoms with van der Waals surface area (Å²) in [5.41, 5.74) is 0.883. The fraction of sp³-hybridized carbons (Fsp3) is 0.500. The van der Waals surface area contributed by atoms with Gasteiger partial charge in [-0.05, 0) is 38.5 Å². The monoisotopic (exact) mass is 257 g/mol. The number of rotatable bonds is 5. The molecule has 1 N–H and O–H groups in total. The maximum absolute atomic E-state index is 11.7. The zero-order chi connectivity index (χ0) is 13.1. The molecule has 1 aromatic rings. The summed E-state index contributed by atoms with van der Waals surface area (Å²) in [6.45, 7) is 5.12. The fourth-order valence-electron chi connectivity index (χ4n) is 1.36. The highest BCUT2D eigenvalue weighted by atomic mass is 32.2. The zero-order valence-corrected chi connectivity index (χ0v) is 11.4. The molecule has 0 aromatic heterocycles. The number of benzene rings is 1. The second kappa shape index (κ2) is 5.51. The molecule has 4 nitrogen and oxygen atoms in total. The third-order valence-electron chi connectivity index (χ3n) is 2.56. The Kier molecular flexibility index (Phi) is 4.54. The van der Waals surface area contributed by atoms with E-state index in [1.807, 2.05) is 31.2 Å². The molecular formula is C12H19NO3S. The van der Waals surface area contributed by atoms with Crippen LogP contribution >= 0.6 is 0 Å². The van der Waals surface area contributed by atoms with Gasteiger partial charge in [0, 0.05) is 6.04 Å². The average molecular weight is 257 g/mol.